The standard InChI is InChI=1S/C13H10BrClN2O3S/c14-9-2-4-11(16)13(5-9)21(20)7-8-1-3-10(15)6-12(8)17(18)19/h1-6H,7,16H2. The zero-order valence-corrected chi connectivity index (χ0v) is 13.7. The van der Waals surface area contributed by atoms with Gasteiger partial charge in [-0.2, -0.15) is 0 Å². The maximum Gasteiger partial charge on any atom is 0.275 e. The van der Waals surface area contributed by atoms with Gasteiger partial charge in [0.05, 0.1) is 26.4 Å². The van der Waals surface area contributed by atoms with Gasteiger partial charge in [0.15, 0.2) is 0 Å². The van der Waals surface area contributed by atoms with Crippen LogP contribution in [0.1, 0.15) is 5.56 Å². The highest BCUT2D eigenvalue weighted by Crippen LogP contribution is 2.28. The first kappa shape index (κ1) is 15.9. The highest BCUT2D eigenvalue weighted by atomic mass is 79.9. The Bertz CT molecular complexity index is 739. The van der Waals surface area contributed by atoms with Gasteiger partial charge in [0, 0.05) is 26.8 Å². The van der Waals surface area contributed by atoms with Gasteiger partial charge in [0.1, 0.15) is 0 Å². The number of rotatable bonds is 4. The summed E-state index contributed by atoms with van der Waals surface area (Å²) in [6, 6.07) is 9.30. The molecule has 21 heavy (non-hydrogen) atoms. The van der Waals surface area contributed by atoms with E-state index in [4.69, 9.17) is 17.3 Å². The maximum atomic E-state index is 12.4. The fourth-order valence-electron chi connectivity index (χ4n) is 1.75. The zero-order chi connectivity index (χ0) is 15.6. The fraction of sp³-hybridized carbons (Fsp3) is 0.0769. The molecule has 0 fully saturated rings. The molecule has 2 rings (SSSR count). The van der Waals surface area contributed by atoms with Crippen molar-refractivity contribution in [2.45, 2.75) is 10.6 Å². The summed E-state index contributed by atoms with van der Waals surface area (Å²) in [6.45, 7) is 0. The van der Waals surface area contributed by atoms with Crippen LogP contribution in [0.5, 0.6) is 0 Å². The number of benzene rings is 2. The molecule has 0 amide bonds. The third kappa shape index (κ3) is 3.81. The van der Waals surface area contributed by atoms with Gasteiger partial charge in [-0.1, -0.05) is 27.5 Å². The molecule has 5 nitrogen and oxygen atoms in total. The molecule has 0 aliphatic heterocycles. The molecular weight excluding hydrogens is 380 g/mol. The van der Waals surface area contributed by atoms with Crippen LogP contribution in [0.25, 0.3) is 0 Å². The number of halogens is 2. The minimum Gasteiger partial charge on any atom is -0.398 e. The largest absolute Gasteiger partial charge is 0.398 e. The van der Waals surface area contributed by atoms with Crippen LogP contribution in [-0.4, -0.2) is 9.13 Å². The van der Waals surface area contributed by atoms with E-state index in [0.29, 0.717) is 16.1 Å². The van der Waals surface area contributed by atoms with Crippen LogP contribution in [0.4, 0.5) is 11.4 Å². The van der Waals surface area contributed by atoms with Crippen LogP contribution in [-0.2, 0) is 16.6 Å². The van der Waals surface area contributed by atoms with Crippen molar-refractivity contribution in [1.82, 2.24) is 0 Å². The van der Waals surface area contributed by atoms with Crippen molar-refractivity contribution in [3.8, 4) is 0 Å². The van der Waals surface area contributed by atoms with Crippen LogP contribution < -0.4 is 5.73 Å². The van der Waals surface area contributed by atoms with Gasteiger partial charge in [-0.25, -0.2) is 0 Å². The van der Waals surface area contributed by atoms with Crippen molar-refractivity contribution >= 4 is 49.7 Å². The van der Waals surface area contributed by atoms with E-state index in [9.17, 15) is 14.3 Å². The monoisotopic (exact) mass is 388 g/mol. The second-order valence-corrected chi connectivity index (χ2v) is 6.97. The Kier molecular flexibility index (Phi) is 4.97. The van der Waals surface area contributed by atoms with E-state index in [2.05, 4.69) is 15.9 Å². The van der Waals surface area contributed by atoms with Gasteiger partial charge >= 0.3 is 0 Å². The predicted octanol–water partition coefficient (Wildman–Crippen LogP) is 3.90. The summed E-state index contributed by atoms with van der Waals surface area (Å²) in [7, 11) is -1.49. The number of anilines is 1. The first-order valence-corrected chi connectivity index (χ1v) is 8.23. The Morgan fingerprint density at radius 1 is 1.29 bits per heavy atom. The third-order valence-electron chi connectivity index (χ3n) is 2.75. The first-order chi connectivity index (χ1) is 9.88. The molecule has 1 unspecified atom stereocenters. The van der Waals surface area contributed by atoms with Crippen LogP contribution in [0.15, 0.2) is 45.8 Å². The van der Waals surface area contributed by atoms with Gasteiger partial charge in [0.25, 0.3) is 5.69 Å². The zero-order valence-electron chi connectivity index (χ0n) is 10.6. The molecule has 0 aromatic heterocycles. The Morgan fingerprint density at radius 3 is 2.67 bits per heavy atom. The van der Waals surface area contributed by atoms with E-state index < -0.39 is 15.7 Å². The molecule has 1 atom stereocenters. The second kappa shape index (κ2) is 6.55. The summed E-state index contributed by atoms with van der Waals surface area (Å²) in [5.74, 6) is -0.00582. The molecule has 0 radical (unpaired) electrons. The summed E-state index contributed by atoms with van der Waals surface area (Å²) in [5, 5.41) is 11.3. The lowest BCUT2D eigenvalue weighted by Crippen LogP contribution is -2.03. The summed E-state index contributed by atoms with van der Waals surface area (Å²) in [5.41, 5.74) is 6.38. The predicted molar refractivity (Wildman–Crippen MR) is 86.8 cm³/mol. The number of hydrogen-bond acceptors (Lipinski definition) is 4. The molecule has 2 N–H and O–H groups in total. The van der Waals surface area contributed by atoms with Crippen molar-refractivity contribution < 1.29 is 9.13 Å². The summed E-state index contributed by atoms with van der Waals surface area (Å²) < 4.78 is 13.1. The van der Waals surface area contributed by atoms with Gasteiger partial charge in [-0.3, -0.25) is 14.3 Å². The Morgan fingerprint density at radius 2 is 2.00 bits per heavy atom. The Balaban J connectivity index is 2.36. The molecule has 0 aliphatic carbocycles. The molecule has 2 aromatic carbocycles. The minimum atomic E-state index is -1.49. The molecule has 0 saturated carbocycles. The van der Waals surface area contributed by atoms with Crippen LogP contribution >= 0.6 is 27.5 Å². The molecule has 0 aliphatic rings. The number of nitrogens with two attached hydrogens (primary N) is 1. The smallest absolute Gasteiger partial charge is 0.275 e. The topological polar surface area (TPSA) is 86.2 Å². The maximum absolute atomic E-state index is 12.4. The van der Waals surface area contributed by atoms with Gasteiger partial charge in [-0.05, 0) is 30.3 Å². The number of hydrogen-bond donors (Lipinski definition) is 1. The van der Waals surface area contributed by atoms with Gasteiger partial charge in [0.2, 0.25) is 0 Å². The fourth-order valence-corrected chi connectivity index (χ4v) is 3.70. The molecule has 0 saturated heterocycles. The van der Waals surface area contributed by atoms with Crippen LogP contribution in [0.2, 0.25) is 5.02 Å². The number of nitro groups is 1. The normalized spacial score (nSPS) is 12.1. The van der Waals surface area contributed by atoms with Crippen molar-refractivity contribution in [1.29, 1.82) is 0 Å². The summed E-state index contributed by atoms with van der Waals surface area (Å²) in [6.07, 6.45) is 0. The number of nitrogen functional groups attached to an aromatic ring is 1. The first-order valence-electron chi connectivity index (χ1n) is 5.74. The third-order valence-corrected chi connectivity index (χ3v) is 4.90. The molecule has 0 bridgehead atoms. The van der Waals surface area contributed by atoms with E-state index in [0.717, 1.165) is 4.47 Å². The van der Waals surface area contributed by atoms with Gasteiger partial charge in [-0.15, -0.1) is 0 Å². The van der Waals surface area contributed by atoms with E-state index >= 15 is 0 Å². The molecule has 0 heterocycles. The van der Waals surface area contributed by atoms with E-state index in [-0.39, 0.29) is 16.5 Å². The van der Waals surface area contributed by atoms with Crippen LogP contribution in [0.3, 0.4) is 0 Å². The molecule has 0 spiro atoms. The molecule has 2 aromatic rings. The van der Waals surface area contributed by atoms with Crippen LogP contribution in [0, 0.1) is 10.1 Å². The number of nitro benzene ring substituents is 1. The highest BCUT2D eigenvalue weighted by Gasteiger charge is 2.18. The lowest BCUT2D eigenvalue weighted by atomic mass is 10.2. The Hall–Kier alpha value is -1.44. The van der Waals surface area contributed by atoms with Gasteiger partial charge < -0.3 is 5.73 Å². The quantitative estimate of drug-likeness (QED) is 0.488. The SMILES string of the molecule is Nc1ccc(Br)cc1S(=O)Cc1ccc(Cl)cc1[N+](=O)[O-]. The molecular formula is C13H10BrClN2O3S. The lowest BCUT2D eigenvalue weighted by molar-refractivity contribution is -0.385. The second-order valence-electron chi connectivity index (χ2n) is 4.20. The van der Waals surface area contributed by atoms with Crippen molar-refractivity contribution in [3.05, 3.63) is 61.6 Å². The lowest BCUT2D eigenvalue weighted by Gasteiger charge is -2.07. The van der Waals surface area contributed by atoms with Crippen molar-refractivity contribution in [2.24, 2.45) is 0 Å². The summed E-state index contributed by atoms with van der Waals surface area (Å²) >= 11 is 9.04. The van der Waals surface area contributed by atoms with E-state index in [1.807, 2.05) is 0 Å². The Labute approximate surface area is 136 Å². The molecule has 8 heteroatoms. The highest BCUT2D eigenvalue weighted by molar-refractivity contribution is 9.10. The van der Waals surface area contributed by atoms with Crippen molar-refractivity contribution in [2.75, 3.05) is 5.73 Å². The molecule has 110 valence electrons. The summed E-state index contributed by atoms with van der Waals surface area (Å²) in [4.78, 5) is 10.9. The van der Waals surface area contributed by atoms with Crippen molar-refractivity contribution in [3.63, 3.8) is 0 Å². The van der Waals surface area contributed by atoms with E-state index in [1.54, 1.807) is 18.2 Å². The van der Waals surface area contributed by atoms with E-state index in [1.165, 1.54) is 18.2 Å². The minimum absolute atomic E-state index is 0.00582. The average molecular weight is 390 g/mol. The average Bonchev–Trinajstić information content (AvgIpc) is 2.43. The number of nitrogens with zero attached hydrogens (tertiary/aromatic N) is 1.